The quantitative estimate of drug-likeness (QED) is 0.226. The molecule has 0 bridgehead atoms. The molecule has 160 valence electrons. The molecule has 0 aliphatic heterocycles. The SMILES string of the molecule is CN=C(NCc1cccc(C(=O)NCc2ccco2)c1)NCC(C)c1cccs1.I. The van der Waals surface area contributed by atoms with E-state index in [1.54, 1.807) is 36.8 Å². The summed E-state index contributed by atoms with van der Waals surface area (Å²) in [6.07, 6.45) is 1.59. The van der Waals surface area contributed by atoms with Gasteiger partial charge < -0.3 is 20.4 Å². The third-order valence-electron chi connectivity index (χ3n) is 4.48. The maximum absolute atomic E-state index is 12.4. The van der Waals surface area contributed by atoms with Crippen LogP contribution in [0.15, 0.2) is 69.6 Å². The molecule has 1 amide bonds. The highest BCUT2D eigenvalue weighted by Gasteiger charge is 2.09. The van der Waals surface area contributed by atoms with Crippen LogP contribution in [0, 0.1) is 0 Å². The van der Waals surface area contributed by atoms with Crippen molar-refractivity contribution in [3.63, 3.8) is 0 Å². The number of nitrogens with one attached hydrogen (secondary N) is 3. The van der Waals surface area contributed by atoms with Gasteiger partial charge in [-0.3, -0.25) is 9.79 Å². The van der Waals surface area contributed by atoms with E-state index in [0.29, 0.717) is 24.6 Å². The van der Waals surface area contributed by atoms with Crippen LogP contribution in [0.25, 0.3) is 0 Å². The Morgan fingerprint density at radius 1 is 1.10 bits per heavy atom. The maximum Gasteiger partial charge on any atom is 0.251 e. The summed E-state index contributed by atoms with van der Waals surface area (Å²) < 4.78 is 5.24. The molecule has 1 unspecified atom stereocenters. The summed E-state index contributed by atoms with van der Waals surface area (Å²) in [5.41, 5.74) is 1.62. The number of hydrogen-bond acceptors (Lipinski definition) is 4. The molecule has 0 aliphatic rings. The summed E-state index contributed by atoms with van der Waals surface area (Å²) in [7, 11) is 1.75. The van der Waals surface area contributed by atoms with Crippen LogP contribution < -0.4 is 16.0 Å². The van der Waals surface area contributed by atoms with Crippen molar-refractivity contribution in [2.24, 2.45) is 4.99 Å². The normalized spacial score (nSPS) is 12.0. The topological polar surface area (TPSA) is 78.7 Å². The van der Waals surface area contributed by atoms with Gasteiger partial charge in [0.2, 0.25) is 0 Å². The molecule has 2 aromatic heterocycles. The number of carbonyl (C=O) groups excluding carboxylic acids is 1. The first-order chi connectivity index (χ1) is 14.2. The van der Waals surface area contributed by atoms with Gasteiger partial charge in [0.25, 0.3) is 5.91 Å². The highest BCUT2D eigenvalue weighted by Crippen LogP contribution is 2.19. The minimum atomic E-state index is -0.129. The van der Waals surface area contributed by atoms with Crippen LogP contribution in [0.4, 0.5) is 0 Å². The number of halogens is 1. The monoisotopic (exact) mass is 538 g/mol. The van der Waals surface area contributed by atoms with Crippen LogP contribution in [0.5, 0.6) is 0 Å². The number of guanidine groups is 1. The molecule has 0 saturated heterocycles. The Morgan fingerprint density at radius 3 is 2.67 bits per heavy atom. The van der Waals surface area contributed by atoms with Crippen LogP contribution in [0.3, 0.4) is 0 Å². The molecule has 30 heavy (non-hydrogen) atoms. The largest absolute Gasteiger partial charge is 0.467 e. The number of thiophene rings is 1. The zero-order valence-electron chi connectivity index (χ0n) is 17.1. The lowest BCUT2D eigenvalue weighted by atomic mass is 10.1. The van der Waals surface area contributed by atoms with Gasteiger partial charge >= 0.3 is 0 Å². The second kappa shape index (κ2) is 12.4. The van der Waals surface area contributed by atoms with Gasteiger partial charge in [-0.1, -0.05) is 25.1 Å². The number of benzene rings is 1. The van der Waals surface area contributed by atoms with Crippen molar-refractivity contribution in [1.82, 2.24) is 16.0 Å². The number of hydrogen-bond donors (Lipinski definition) is 3. The second-order valence-corrected chi connectivity index (χ2v) is 7.66. The van der Waals surface area contributed by atoms with E-state index in [9.17, 15) is 4.79 Å². The summed E-state index contributed by atoms with van der Waals surface area (Å²) in [5, 5.41) is 11.6. The average Bonchev–Trinajstić information content (AvgIpc) is 3.46. The molecule has 0 radical (unpaired) electrons. The summed E-state index contributed by atoms with van der Waals surface area (Å²) in [6.45, 7) is 3.94. The summed E-state index contributed by atoms with van der Waals surface area (Å²) >= 11 is 1.76. The van der Waals surface area contributed by atoms with Crippen LogP contribution in [0.1, 0.15) is 39.4 Å². The van der Waals surface area contributed by atoms with E-state index >= 15 is 0 Å². The highest BCUT2D eigenvalue weighted by molar-refractivity contribution is 14.0. The van der Waals surface area contributed by atoms with Crippen LogP contribution in [-0.4, -0.2) is 25.5 Å². The molecule has 6 nitrogen and oxygen atoms in total. The lowest BCUT2D eigenvalue weighted by molar-refractivity contribution is 0.0948. The smallest absolute Gasteiger partial charge is 0.251 e. The van der Waals surface area contributed by atoms with Gasteiger partial charge in [0, 0.05) is 36.5 Å². The average molecular weight is 538 g/mol. The number of carbonyl (C=O) groups is 1. The van der Waals surface area contributed by atoms with Gasteiger partial charge in [0.15, 0.2) is 5.96 Å². The van der Waals surface area contributed by atoms with Gasteiger partial charge in [0.05, 0.1) is 12.8 Å². The molecule has 3 rings (SSSR count). The predicted molar refractivity (Wildman–Crippen MR) is 133 cm³/mol. The first-order valence-electron chi connectivity index (χ1n) is 9.53. The molecule has 3 N–H and O–H groups in total. The first kappa shape index (κ1) is 23.9. The Labute approximate surface area is 198 Å². The molecule has 3 aromatic rings. The van der Waals surface area contributed by atoms with Crippen molar-refractivity contribution < 1.29 is 9.21 Å². The zero-order valence-corrected chi connectivity index (χ0v) is 20.2. The molecule has 1 atom stereocenters. The Bertz CT molecular complexity index is 927. The van der Waals surface area contributed by atoms with Crippen LogP contribution in [-0.2, 0) is 13.1 Å². The Hall–Kier alpha value is -2.33. The van der Waals surface area contributed by atoms with Gasteiger partial charge in [-0.05, 0) is 41.3 Å². The van der Waals surface area contributed by atoms with Gasteiger partial charge in [0.1, 0.15) is 5.76 Å². The van der Waals surface area contributed by atoms with Gasteiger partial charge in [-0.25, -0.2) is 0 Å². The lowest BCUT2D eigenvalue weighted by Gasteiger charge is -2.15. The highest BCUT2D eigenvalue weighted by atomic mass is 127. The molecule has 0 spiro atoms. The molecule has 0 fully saturated rings. The fraction of sp³-hybridized carbons (Fsp3) is 0.273. The standard InChI is InChI=1S/C22H26N4O2S.HI/c1-16(20-9-5-11-29-20)13-25-22(23-2)26-14-17-6-3-7-18(12-17)21(27)24-15-19-8-4-10-28-19;/h3-12,16H,13-15H2,1-2H3,(H,24,27)(H2,23,25,26);1H. The number of rotatable bonds is 8. The van der Waals surface area contributed by atoms with E-state index in [-0.39, 0.29) is 29.9 Å². The van der Waals surface area contributed by atoms with Crippen molar-refractivity contribution in [2.75, 3.05) is 13.6 Å². The molecular formula is C22H27IN4O2S. The maximum atomic E-state index is 12.4. The first-order valence-corrected chi connectivity index (χ1v) is 10.4. The fourth-order valence-electron chi connectivity index (χ4n) is 2.83. The minimum absolute atomic E-state index is 0. The zero-order chi connectivity index (χ0) is 20.5. The minimum Gasteiger partial charge on any atom is -0.467 e. The van der Waals surface area contributed by atoms with E-state index in [2.05, 4.69) is 45.4 Å². The van der Waals surface area contributed by atoms with Crippen LogP contribution in [0.2, 0.25) is 0 Å². The molecule has 2 heterocycles. The molecule has 8 heteroatoms. The summed E-state index contributed by atoms with van der Waals surface area (Å²) in [5.74, 6) is 1.74. The van der Waals surface area contributed by atoms with E-state index in [1.807, 2.05) is 24.3 Å². The number of amides is 1. The van der Waals surface area contributed by atoms with Gasteiger partial charge in [-0.2, -0.15) is 0 Å². The van der Waals surface area contributed by atoms with Crippen molar-refractivity contribution in [1.29, 1.82) is 0 Å². The predicted octanol–water partition coefficient (Wildman–Crippen LogP) is 4.36. The Balaban J connectivity index is 0.00000320. The van der Waals surface area contributed by atoms with Gasteiger partial charge in [-0.15, -0.1) is 35.3 Å². The number of furan rings is 1. The fourth-order valence-corrected chi connectivity index (χ4v) is 3.62. The lowest BCUT2D eigenvalue weighted by Crippen LogP contribution is -2.38. The van der Waals surface area contributed by atoms with Crippen molar-refractivity contribution >= 4 is 47.2 Å². The molecule has 0 saturated carbocycles. The second-order valence-electron chi connectivity index (χ2n) is 6.69. The van der Waals surface area contributed by atoms with Crippen molar-refractivity contribution in [2.45, 2.75) is 25.9 Å². The molecule has 1 aromatic carbocycles. The summed E-state index contributed by atoms with van der Waals surface area (Å²) in [6, 6.07) is 15.4. The van der Waals surface area contributed by atoms with E-state index in [0.717, 1.165) is 23.8 Å². The Kier molecular flexibility index (Phi) is 9.88. The van der Waals surface area contributed by atoms with E-state index in [1.165, 1.54) is 4.88 Å². The third-order valence-corrected chi connectivity index (χ3v) is 5.58. The third kappa shape index (κ3) is 7.17. The Morgan fingerprint density at radius 2 is 1.97 bits per heavy atom. The van der Waals surface area contributed by atoms with Crippen molar-refractivity contribution in [3.05, 3.63) is 81.9 Å². The number of nitrogens with zero attached hydrogens (tertiary/aromatic N) is 1. The van der Waals surface area contributed by atoms with Crippen molar-refractivity contribution in [3.8, 4) is 0 Å². The van der Waals surface area contributed by atoms with E-state index in [4.69, 9.17) is 4.42 Å². The molecule has 0 aliphatic carbocycles. The van der Waals surface area contributed by atoms with E-state index < -0.39 is 0 Å². The molecular weight excluding hydrogens is 511 g/mol. The number of aliphatic imine (C=N–C) groups is 1. The summed E-state index contributed by atoms with van der Waals surface area (Å²) in [4.78, 5) is 18.0. The van der Waals surface area contributed by atoms with Crippen LogP contribution >= 0.6 is 35.3 Å².